The number of hydrazone groups is 1. The molecule has 0 atom stereocenters. The summed E-state index contributed by atoms with van der Waals surface area (Å²) < 4.78 is 4.80. The van der Waals surface area contributed by atoms with Gasteiger partial charge in [-0.05, 0) is 12.1 Å². The van der Waals surface area contributed by atoms with Crippen molar-refractivity contribution in [3.05, 3.63) is 52.3 Å². The highest BCUT2D eigenvalue weighted by molar-refractivity contribution is 5.91. The van der Waals surface area contributed by atoms with Gasteiger partial charge < -0.3 is 4.42 Å². The standard InChI is InChI=1S/C10H7N5O4/c16-10(9-11-4-1-5-12-9)14-13-6-7-2-3-8(19-7)15(17)18/h1-6H,(H,14,16)/b13-6+. The van der Waals surface area contributed by atoms with Crippen LogP contribution in [0.1, 0.15) is 16.4 Å². The molecule has 0 radical (unpaired) electrons. The summed E-state index contributed by atoms with van der Waals surface area (Å²) in [6.07, 6.45) is 3.97. The summed E-state index contributed by atoms with van der Waals surface area (Å²) in [7, 11) is 0. The Hall–Kier alpha value is -3.10. The van der Waals surface area contributed by atoms with Gasteiger partial charge in [-0.1, -0.05) is 0 Å². The molecule has 1 N–H and O–H groups in total. The minimum absolute atomic E-state index is 0.0370. The van der Waals surface area contributed by atoms with Gasteiger partial charge in [0.1, 0.15) is 4.92 Å². The molecule has 2 aromatic heterocycles. The van der Waals surface area contributed by atoms with Crippen LogP contribution in [0.2, 0.25) is 0 Å². The largest absolute Gasteiger partial charge is 0.433 e. The van der Waals surface area contributed by atoms with Crippen LogP contribution in [0.5, 0.6) is 0 Å². The second-order valence-electron chi connectivity index (χ2n) is 3.20. The molecule has 0 aliphatic carbocycles. The maximum absolute atomic E-state index is 11.5. The van der Waals surface area contributed by atoms with E-state index in [2.05, 4.69) is 20.5 Å². The molecule has 19 heavy (non-hydrogen) atoms. The highest BCUT2D eigenvalue weighted by atomic mass is 16.6. The predicted molar refractivity (Wildman–Crippen MR) is 62.5 cm³/mol. The third-order valence-corrected chi connectivity index (χ3v) is 1.92. The Kier molecular flexibility index (Phi) is 3.57. The van der Waals surface area contributed by atoms with E-state index in [0.717, 1.165) is 6.21 Å². The van der Waals surface area contributed by atoms with Gasteiger partial charge in [0.25, 0.3) is 0 Å². The highest BCUT2D eigenvalue weighted by Crippen LogP contribution is 2.13. The van der Waals surface area contributed by atoms with Crippen LogP contribution in [0.4, 0.5) is 5.88 Å². The van der Waals surface area contributed by atoms with Crippen LogP contribution in [0.3, 0.4) is 0 Å². The zero-order chi connectivity index (χ0) is 13.7. The summed E-state index contributed by atoms with van der Waals surface area (Å²) in [4.78, 5) is 28.6. The summed E-state index contributed by atoms with van der Waals surface area (Å²) in [6, 6.07) is 4.11. The van der Waals surface area contributed by atoms with Crippen molar-refractivity contribution in [2.75, 3.05) is 0 Å². The minimum Gasteiger partial charge on any atom is -0.400 e. The van der Waals surface area contributed by atoms with Crippen molar-refractivity contribution in [1.82, 2.24) is 15.4 Å². The molecule has 0 unspecified atom stereocenters. The van der Waals surface area contributed by atoms with Gasteiger partial charge in [0.05, 0.1) is 12.3 Å². The Bertz CT molecular complexity index is 622. The van der Waals surface area contributed by atoms with Crippen molar-refractivity contribution >= 4 is 18.0 Å². The topological polar surface area (TPSA) is 124 Å². The predicted octanol–water partition coefficient (Wildman–Crippen LogP) is 0.742. The zero-order valence-electron chi connectivity index (χ0n) is 9.39. The molecule has 9 nitrogen and oxygen atoms in total. The number of nitro groups is 1. The molecule has 2 heterocycles. The molecule has 1 amide bonds. The third kappa shape index (κ3) is 3.19. The molecular formula is C10H7N5O4. The lowest BCUT2D eigenvalue weighted by atomic mass is 10.5. The van der Waals surface area contributed by atoms with Crippen LogP contribution >= 0.6 is 0 Å². The van der Waals surface area contributed by atoms with E-state index in [1.54, 1.807) is 6.07 Å². The van der Waals surface area contributed by atoms with Crippen LogP contribution < -0.4 is 5.43 Å². The first-order valence-electron chi connectivity index (χ1n) is 5.01. The summed E-state index contributed by atoms with van der Waals surface area (Å²) in [5, 5.41) is 13.9. The summed E-state index contributed by atoms with van der Waals surface area (Å²) >= 11 is 0. The first kappa shape index (κ1) is 12.4. The van der Waals surface area contributed by atoms with E-state index in [-0.39, 0.29) is 11.6 Å². The number of furan rings is 1. The van der Waals surface area contributed by atoms with Gasteiger partial charge in [-0.25, -0.2) is 15.4 Å². The maximum Gasteiger partial charge on any atom is 0.433 e. The lowest BCUT2D eigenvalue weighted by molar-refractivity contribution is -0.402. The van der Waals surface area contributed by atoms with Crippen LogP contribution in [0.15, 0.2) is 40.1 Å². The molecule has 96 valence electrons. The molecule has 9 heteroatoms. The Morgan fingerprint density at radius 2 is 2.16 bits per heavy atom. The lowest BCUT2D eigenvalue weighted by Crippen LogP contribution is -2.20. The van der Waals surface area contributed by atoms with Crippen molar-refractivity contribution in [3.8, 4) is 0 Å². The Balaban J connectivity index is 1.96. The van der Waals surface area contributed by atoms with Gasteiger partial charge >= 0.3 is 11.8 Å². The van der Waals surface area contributed by atoms with Crippen molar-refractivity contribution in [2.45, 2.75) is 0 Å². The quantitative estimate of drug-likeness (QED) is 0.491. The second-order valence-corrected chi connectivity index (χ2v) is 3.20. The van der Waals surface area contributed by atoms with E-state index < -0.39 is 16.7 Å². The number of aromatic nitrogens is 2. The average molecular weight is 261 g/mol. The summed E-state index contributed by atoms with van der Waals surface area (Å²) in [6.45, 7) is 0. The highest BCUT2D eigenvalue weighted by Gasteiger charge is 2.10. The maximum atomic E-state index is 11.5. The van der Waals surface area contributed by atoms with Crippen molar-refractivity contribution < 1.29 is 14.1 Å². The first-order chi connectivity index (χ1) is 9.16. The number of nitrogens with one attached hydrogen (secondary N) is 1. The molecule has 0 aromatic carbocycles. The number of rotatable bonds is 4. The molecule has 0 fully saturated rings. The molecule has 0 saturated carbocycles. The van der Waals surface area contributed by atoms with Crippen molar-refractivity contribution in [3.63, 3.8) is 0 Å². The fourth-order valence-corrected chi connectivity index (χ4v) is 1.13. The molecule has 2 aromatic rings. The fraction of sp³-hybridized carbons (Fsp3) is 0. The van der Waals surface area contributed by atoms with E-state index in [1.165, 1.54) is 24.5 Å². The molecule has 0 aliphatic rings. The van der Waals surface area contributed by atoms with Crippen LogP contribution in [-0.4, -0.2) is 27.0 Å². The third-order valence-electron chi connectivity index (χ3n) is 1.92. The fourth-order valence-electron chi connectivity index (χ4n) is 1.13. The van der Waals surface area contributed by atoms with Gasteiger partial charge in [0.2, 0.25) is 5.82 Å². The van der Waals surface area contributed by atoms with Crippen molar-refractivity contribution in [2.24, 2.45) is 5.10 Å². The van der Waals surface area contributed by atoms with Gasteiger partial charge in [0, 0.05) is 12.4 Å². The summed E-state index contributed by atoms with van der Waals surface area (Å²) in [5.41, 5.74) is 2.16. The van der Waals surface area contributed by atoms with Crippen molar-refractivity contribution in [1.29, 1.82) is 0 Å². The van der Waals surface area contributed by atoms with E-state index in [0.29, 0.717) is 0 Å². The number of amides is 1. The Labute approximate surface area is 106 Å². The number of carbonyl (C=O) groups is 1. The molecular weight excluding hydrogens is 254 g/mol. The molecule has 0 bridgehead atoms. The van der Waals surface area contributed by atoms with E-state index in [9.17, 15) is 14.9 Å². The second kappa shape index (κ2) is 5.49. The molecule has 0 spiro atoms. The van der Waals surface area contributed by atoms with Gasteiger partial charge in [-0.15, -0.1) is 0 Å². The first-order valence-corrected chi connectivity index (χ1v) is 5.01. The van der Waals surface area contributed by atoms with Crippen LogP contribution in [0, 0.1) is 10.1 Å². The normalized spacial score (nSPS) is 10.5. The SMILES string of the molecule is O=C(N/N=C/c1ccc([N+](=O)[O-])o1)c1ncccn1. The number of nitrogens with zero attached hydrogens (tertiary/aromatic N) is 4. The molecule has 0 saturated heterocycles. The zero-order valence-corrected chi connectivity index (χ0v) is 9.39. The van der Waals surface area contributed by atoms with E-state index in [4.69, 9.17) is 4.42 Å². The Morgan fingerprint density at radius 1 is 1.42 bits per heavy atom. The van der Waals surface area contributed by atoms with E-state index >= 15 is 0 Å². The lowest BCUT2D eigenvalue weighted by Gasteiger charge is -1.95. The monoisotopic (exact) mass is 261 g/mol. The van der Waals surface area contributed by atoms with E-state index in [1.807, 2.05) is 0 Å². The number of carbonyl (C=O) groups excluding carboxylic acids is 1. The minimum atomic E-state index is -0.673. The van der Waals surface area contributed by atoms with Gasteiger partial charge in [0.15, 0.2) is 5.76 Å². The number of hydrogen-bond donors (Lipinski definition) is 1. The summed E-state index contributed by atoms with van der Waals surface area (Å²) in [5.74, 6) is -0.900. The van der Waals surface area contributed by atoms with Gasteiger partial charge in [-0.2, -0.15) is 5.10 Å². The van der Waals surface area contributed by atoms with Crippen LogP contribution in [0.25, 0.3) is 0 Å². The smallest absolute Gasteiger partial charge is 0.400 e. The van der Waals surface area contributed by atoms with Crippen LogP contribution in [-0.2, 0) is 0 Å². The molecule has 0 aliphatic heterocycles. The average Bonchev–Trinajstić information content (AvgIpc) is 2.89. The molecule has 2 rings (SSSR count). The Morgan fingerprint density at radius 3 is 2.79 bits per heavy atom. The number of hydrogen-bond acceptors (Lipinski definition) is 7. The van der Waals surface area contributed by atoms with Gasteiger partial charge in [-0.3, -0.25) is 14.9 Å².